The minimum absolute atomic E-state index is 0.116. The molecule has 0 bridgehead atoms. The summed E-state index contributed by atoms with van der Waals surface area (Å²) in [4.78, 5) is 17.5. The van der Waals surface area contributed by atoms with Gasteiger partial charge in [-0.05, 0) is 43.3 Å². The minimum Gasteiger partial charge on any atom is -0.497 e. The maximum atomic E-state index is 12.8. The van der Waals surface area contributed by atoms with Gasteiger partial charge >= 0.3 is 0 Å². The number of aromatic nitrogens is 3. The molecular formula is C21H21N5O4S2. The van der Waals surface area contributed by atoms with E-state index in [9.17, 15) is 13.2 Å². The van der Waals surface area contributed by atoms with Crippen molar-refractivity contribution in [3.63, 3.8) is 0 Å². The number of methoxy groups -OCH3 is 1. The van der Waals surface area contributed by atoms with Crippen molar-refractivity contribution < 1.29 is 17.9 Å². The van der Waals surface area contributed by atoms with Gasteiger partial charge in [0.05, 0.1) is 27.9 Å². The van der Waals surface area contributed by atoms with Crippen LogP contribution in [0.2, 0.25) is 0 Å². The van der Waals surface area contributed by atoms with Crippen molar-refractivity contribution in [2.24, 2.45) is 0 Å². The number of nitrogens with zero attached hydrogens (tertiary/aromatic N) is 4. The summed E-state index contributed by atoms with van der Waals surface area (Å²) in [6, 6.07) is 13.1. The van der Waals surface area contributed by atoms with E-state index in [1.165, 1.54) is 49.7 Å². The second-order valence-corrected chi connectivity index (χ2v) is 10.3. The van der Waals surface area contributed by atoms with Gasteiger partial charge in [0.15, 0.2) is 0 Å². The number of sulfonamides is 1. The Balaban J connectivity index is 1.62. The van der Waals surface area contributed by atoms with Crippen molar-refractivity contribution in [2.75, 3.05) is 26.5 Å². The van der Waals surface area contributed by atoms with Crippen LogP contribution in [0, 0.1) is 6.92 Å². The Morgan fingerprint density at radius 3 is 2.50 bits per heavy atom. The van der Waals surface area contributed by atoms with E-state index in [2.05, 4.69) is 15.4 Å². The molecule has 32 heavy (non-hydrogen) atoms. The number of fused-ring (bicyclic) bond motifs is 1. The van der Waals surface area contributed by atoms with Crippen LogP contribution in [0.15, 0.2) is 53.4 Å². The molecule has 166 valence electrons. The lowest BCUT2D eigenvalue weighted by atomic mass is 10.2. The third-order valence-electron chi connectivity index (χ3n) is 4.73. The minimum atomic E-state index is -3.56. The number of aryl methyl sites for hydroxylation is 1. The zero-order valence-electron chi connectivity index (χ0n) is 17.9. The fourth-order valence-corrected chi connectivity index (χ4v) is 4.84. The summed E-state index contributed by atoms with van der Waals surface area (Å²) in [5, 5.41) is 7.90. The molecule has 0 saturated heterocycles. The van der Waals surface area contributed by atoms with E-state index < -0.39 is 10.0 Å². The number of anilines is 1. The molecule has 0 radical (unpaired) electrons. The largest absolute Gasteiger partial charge is 0.497 e. The second-order valence-electron chi connectivity index (χ2n) is 7.18. The molecule has 0 unspecified atom stereocenters. The third-order valence-corrected chi connectivity index (χ3v) is 7.57. The molecule has 2 heterocycles. The predicted octanol–water partition coefficient (Wildman–Crippen LogP) is 3.30. The molecule has 9 nitrogen and oxygen atoms in total. The number of carbonyl (C=O) groups is 1. The standard InChI is InChI=1S/C21H21N5O4S2/c1-13-11-19(23-20(27)14-5-8-16(9-6-14)32(28,29)25(2)3)26(24-13)21-22-17-12-15(30-4)7-10-18(17)31-21/h5-12H,1-4H3,(H,23,27). The van der Waals surface area contributed by atoms with Gasteiger partial charge in [-0.15, -0.1) is 0 Å². The molecule has 1 amide bonds. The molecule has 0 spiro atoms. The predicted molar refractivity (Wildman–Crippen MR) is 123 cm³/mol. The maximum absolute atomic E-state index is 12.8. The number of amides is 1. The summed E-state index contributed by atoms with van der Waals surface area (Å²) in [6.07, 6.45) is 0. The number of hydrogen-bond donors (Lipinski definition) is 1. The Bertz CT molecular complexity index is 1410. The van der Waals surface area contributed by atoms with Crippen LogP contribution in [0.5, 0.6) is 5.75 Å². The lowest BCUT2D eigenvalue weighted by Crippen LogP contribution is -2.22. The molecule has 0 aliphatic heterocycles. The topological polar surface area (TPSA) is 106 Å². The molecule has 2 aromatic heterocycles. The molecule has 11 heteroatoms. The maximum Gasteiger partial charge on any atom is 0.256 e. The highest BCUT2D eigenvalue weighted by molar-refractivity contribution is 7.89. The first-order valence-corrected chi connectivity index (χ1v) is 11.8. The SMILES string of the molecule is COc1ccc2sc(-n3nc(C)cc3NC(=O)c3ccc(S(=O)(=O)N(C)C)cc3)nc2c1. The summed E-state index contributed by atoms with van der Waals surface area (Å²) in [5.41, 5.74) is 1.80. The highest BCUT2D eigenvalue weighted by Crippen LogP contribution is 2.30. The van der Waals surface area contributed by atoms with Gasteiger partial charge in [-0.3, -0.25) is 4.79 Å². The van der Waals surface area contributed by atoms with Crippen molar-refractivity contribution in [1.29, 1.82) is 0 Å². The first-order valence-electron chi connectivity index (χ1n) is 9.54. The summed E-state index contributed by atoms with van der Waals surface area (Å²) in [5.74, 6) is 0.783. The summed E-state index contributed by atoms with van der Waals surface area (Å²) in [6.45, 7) is 1.82. The van der Waals surface area contributed by atoms with Crippen molar-refractivity contribution in [2.45, 2.75) is 11.8 Å². The van der Waals surface area contributed by atoms with Crippen LogP contribution in [0.25, 0.3) is 15.3 Å². The average molecular weight is 472 g/mol. The van der Waals surface area contributed by atoms with Crippen LogP contribution >= 0.6 is 11.3 Å². The smallest absolute Gasteiger partial charge is 0.256 e. The summed E-state index contributed by atoms with van der Waals surface area (Å²) < 4.78 is 33.4. The molecule has 0 aliphatic carbocycles. The van der Waals surface area contributed by atoms with Crippen LogP contribution < -0.4 is 10.1 Å². The fraction of sp³-hybridized carbons (Fsp3) is 0.190. The fourth-order valence-electron chi connectivity index (χ4n) is 3.02. The van der Waals surface area contributed by atoms with Crippen molar-refractivity contribution in [3.05, 3.63) is 59.8 Å². The zero-order valence-corrected chi connectivity index (χ0v) is 19.5. The molecule has 0 atom stereocenters. The van der Waals surface area contributed by atoms with Gasteiger partial charge < -0.3 is 10.1 Å². The highest BCUT2D eigenvalue weighted by atomic mass is 32.2. The van der Waals surface area contributed by atoms with E-state index >= 15 is 0 Å². The van der Waals surface area contributed by atoms with Gasteiger partial charge in [0.2, 0.25) is 15.2 Å². The van der Waals surface area contributed by atoms with Gasteiger partial charge in [0.1, 0.15) is 11.6 Å². The van der Waals surface area contributed by atoms with Crippen molar-refractivity contribution >= 4 is 43.3 Å². The van der Waals surface area contributed by atoms with Gasteiger partial charge in [0, 0.05) is 31.8 Å². The Morgan fingerprint density at radius 1 is 1.12 bits per heavy atom. The number of nitrogens with one attached hydrogen (secondary N) is 1. The molecule has 4 aromatic rings. The van der Waals surface area contributed by atoms with E-state index in [0.29, 0.717) is 28.0 Å². The molecular weight excluding hydrogens is 450 g/mol. The number of hydrogen-bond acceptors (Lipinski definition) is 7. The molecule has 0 fully saturated rings. The van der Waals surface area contributed by atoms with E-state index in [-0.39, 0.29) is 10.8 Å². The quantitative estimate of drug-likeness (QED) is 0.462. The number of benzene rings is 2. The van der Waals surface area contributed by atoms with Gasteiger partial charge in [0.25, 0.3) is 5.91 Å². The average Bonchev–Trinajstić information content (AvgIpc) is 3.35. The Hall–Kier alpha value is -3.28. The van der Waals surface area contributed by atoms with E-state index in [1.54, 1.807) is 17.9 Å². The monoisotopic (exact) mass is 471 g/mol. The zero-order chi connectivity index (χ0) is 23.0. The van der Waals surface area contributed by atoms with E-state index in [4.69, 9.17) is 4.74 Å². The summed E-state index contributed by atoms with van der Waals surface area (Å²) in [7, 11) is 0.947. The van der Waals surface area contributed by atoms with Gasteiger partial charge in [-0.1, -0.05) is 11.3 Å². The number of ether oxygens (including phenoxy) is 1. The lowest BCUT2D eigenvalue weighted by Gasteiger charge is -2.11. The lowest BCUT2D eigenvalue weighted by molar-refractivity contribution is 0.102. The number of rotatable bonds is 6. The van der Waals surface area contributed by atoms with Gasteiger partial charge in [-0.25, -0.2) is 17.7 Å². The Kier molecular flexibility index (Phi) is 5.71. The molecule has 1 N–H and O–H groups in total. The van der Waals surface area contributed by atoms with E-state index in [0.717, 1.165) is 14.5 Å². The Morgan fingerprint density at radius 2 is 1.84 bits per heavy atom. The first-order chi connectivity index (χ1) is 15.2. The van der Waals surface area contributed by atoms with Crippen LogP contribution in [0.3, 0.4) is 0 Å². The van der Waals surface area contributed by atoms with Crippen molar-refractivity contribution in [3.8, 4) is 10.9 Å². The first kappa shape index (κ1) is 21.9. The molecule has 2 aromatic carbocycles. The van der Waals surface area contributed by atoms with Gasteiger partial charge in [-0.2, -0.15) is 9.78 Å². The number of carbonyl (C=O) groups excluding carboxylic acids is 1. The van der Waals surface area contributed by atoms with Crippen LogP contribution in [-0.2, 0) is 10.0 Å². The number of thiazole rings is 1. The van der Waals surface area contributed by atoms with Crippen LogP contribution in [0.1, 0.15) is 16.1 Å². The summed E-state index contributed by atoms with van der Waals surface area (Å²) >= 11 is 1.44. The second kappa shape index (κ2) is 8.34. The third kappa shape index (κ3) is 4.09. The van der Waals surface area contributed by atoms with Crippen LogP contribution in [0.4, 0.5) is 5.82 Å². The molecule has 4 rings (SSSR count). The molecule has 0 saturated carbocycles. The van der Waals surface area contributed by atoms with Crippen LogP contribution in [-0.4, -0.2) is 54.6 Å². The van der Waals surface area contributed by atoms with Crippen molar-refractivity contribution in [1.82, 2.24) is 19.1 Å². The normalized spacial score (nSPS) is 11.8. The Labute approximate surface area is 189 Å². The highest BCUT2D eigenvalue weighted by Gasteiger charge is 2.19. The van der Waals surface area contributed by atoms with E-state index in [1.807, 2.05) is 25.1 Å². The molecule has 0 aliphatic rings.